The molecule has 5 heteroatoms. The topological polar surface area (TPSA) is 75.6 Å². The van der Waals surface area contributed by atoms with Gasteiger partial charge in [-0.3, -0.25) is 4.79 Å². The molecule has 0 radical (unpaired) electrons. The lowest BCUT2D eigenvalue weighted by Crippen LogP contribution is -2.45. The second-order valence-electron chi connectivity index (χ2n) is 5.08. The maximum atomic E-state index is 11.9. The molecule has 0 aromatic heterocycles. The second-order valence-corrected chi connectivity index (χ2v) is 5.08. The van der Waals surface area contributed by atoms with E-state index >= 15 is 0 Å². The molecule has 0 heterocycles. The van der Waals surface area contributed by atoms with Crippen LogP contribution in [0.5, 0.6) is 5.75 Å². The standard InChI is InChI=1S/C16H23NO4/c1-4-11(2)15(16(19)20)17-14(18)10-9-12-7-5-6-8-13(12)21-3/h5-8,11,15H,4,9-10H2,1-3H3,(H,17,18)(H,19,20)/t11-,15-/m0/s1. The third-order valence-corrected chi connectivity index (χ3v) is 3.61. The monoisotopic (exact) mass is 293 g/mol. The van der Waals surface area contributed by atoms with Crippen LogP contribution in [0, 0.1) is 5.92 Å². The van der Waals surface area contributed by atoms with E-state index in [1.807, 2.05) is 38.1 Å². The number of nitrogens with one attached hydrogen (secondary N) is 1. The number of benzene rings is 1. The molecule has 0 aliphatic heterocycles. The van der Waals surface area contributed by atoms with Gasteiger partial charge in [0.15, 0.2) is 0 Å². The van der Waals surface area contributed by atoms with Crippen molar-refractivity contribution in [3.05, 3.63) is 29.8 Å². The molecule has 0 bridgehead atoms. The highest BCUT2D eigenvalue weighted by atomic mass is 16.5. The number of hydrogen-bond acceptors (Lipinski definition) is 3. The Morgan fingerprint density at radius 3 is 2.57 bits per heavy atom. The van der Waals surface area contributed by atoms with Crippen LogP contribution in [0.3, 0.4) is 0 Å². The molecule has 0 saturated heterocycles. The van der Waals surface area contributed by atoms with Crippen molar-refractivity contribution in [2.45, 2.75) is 39.2 Å². The van der Waals surface area contributed by atoms with Crippen molar-refractivity contribution in [2.24, 2.45) is 5.92 Å². The average molecular weight is 293 g/mol. The maximum absolute atomic E-state index is 11.9. The molecular weight excluding hydrogens is 270 g/mol. The minimum absolute atomic E-state index is 0.0993. The van der Waals surface area contributed by atoms with E-state index < -0.39 is 12.0 Å². The van der Waals surface area contributed by atoms with E-state index in [9.17, 15) is 9.59 Å². The van der Waals surface area contributed by atoms with Crippen LogP contribution in [0.25, 0.3) is 0 Å². The molecule has 21 heavy (non-hydrogen) atoms. The van der Waals surface area contributed by atoms with Gasteiger partial charge >= 0.3 is 5.97 Å². The molecule has 0 spiro atoms. The normalized spacial score (nSPS) is 13.3. The van der Waals surface area contributed by atoms with Crippen molar-refractivity contribution in [3.63, 3.8) is 0 Å². The fourth-order valence-electron chi connectivity index (χ4n) is 2.09. The lowest BCUT2D eigenvalue weighted by molar-refractivity contribution is -0.143. The summed E-state index contributed by atoms with van der Waals surface area (Å²) in [5.41, 5.74) is 0.936. The molecule has 0 aliphatic carbocycles. The van der Waals surface area contributed by atoms with Gasteiger partial charge in [-0.05, 0) is 24.0 Å². The van der Waals surface area contributed by atoms with Crippen molar-refractivity contribution >= 4 is 11.9 Å². The van der Waals surface area contributed by atoms with Gasteiger partial charge in [0.05, 0.1) is 7.11 Å². The Morgan fingerprint density at radius 2 is 2.00 bits per heavy atom. The number of carboxylic acid groups (broad SMARTS) is 1. The van der Waals surface area contributed by atoms with Crippen LogP contribution in [0.4, 0.5) is 0 Å². The summed E-state index contributed by atoms with van der Waals surface area (Å²) in [7, 11) is 1.59. The molecule has 0 unspecified atom stereocenters. The second kappa shape index (κ2) is 8.29. The van der Waals surface area contributed by atoms with Crippen molar-refractivity contribution in [3.8, 4) is 5.75 Å². The maximum Gasteiger partial charge on any atom is 0.326 e. The van der Waals surface area contributed by atoms with Crippen LogP contribution >= 0.6 is 0 Å². The van der Waals surface area contributed by atoms with Crippen LogP contribution in [-0.2, 0) is 16.0 Å². The first-order valence-electron chi connectivity index (χ1n) is 7.13. The number of carboxylic acids is 1. The summed E-state index contributed by atoms with van der Waals surface area (Å²) in [5.74, 6) is -0.608. The summed E-state index contributed by atoms with van der Waals surface area (Å²) in [5, 5.41) is 11.8. The van der Waals surface area contributed by atoms with Gasteiger partial charge in [-0.15, -0.1) is 0 Å². The van der Waals surface area contributed by atoms with Crippen molar-refractivity contribution in [2.75, 3.05) is 7.11 Å². The van der Waals surface area contributed by atoms with E-state index in [2.05, 4.69) is 5.32 Å². The highest BCUT2D eigenvalue weighted by Crippen LogP contribution is 2.18. The number of rotatable bonds is 8. The first kappa shape index (κ1) is 17.0. The summed E-state index contributed by atoms with van der Waals surface area (Å²) < 4.78 is 5.23. The number of aliphatic carboxylic acids is 1. The van der Waals surface area contributed by atoms with E-state index in [-0.39, 0.29) is 18.2 Å². The van der Waals surface area contributed by atoms with Crippen molar-refractivity contribution in [1.82, 2.24) is 5.32 Å². The molecule has 116 valence electrons. The van der Waals surface area contributed by atoms with Gasteiger partial charge in [0, 0.05) is 6.42 Å². The SMILES string of the molecule is CC[C@H](C)[C@H](NC(=O)CCc1ccccc1OC)C(=O)O. The lowest BCUT2D eigenvalue weighted by atomic mass is 9.99. The Balaban J connectivity index is 2.59. The van der Waals surface area contributed by atoms with Crippen LogP contribution in [0.1, 0.15) is 32.3 Å². The van der Waals surface area contributed by atoms with Gasteiger partial charge in [-0.2, -0.15) is 0 Å². The third kappa shape index (κ3) is 5.10. The number of carbonyl (C=O) groups excluding carboxylic acids is 1. The molecule has 0 aliphatic rings. The predicted octanol–water partition coefficient (Wildman–Crippen LogP) is 2.24. The molecule has 5 nitrogen and oxygen atoms in total. The molecular formula is C16H23NO4. The van der Waals surface area contributed by atoms with E-state index in [4.69, 9.17) is 9.84 Å². The summed E-state index contributed by atoms with van der Waals surface area (Å²) in [6.07, 6.45) is 1.45. The number of aryl methyl sites for hydroxylation is 1. The molecule has 1 amide bonds. The summed E-state index contributed by atoms with van der Waals surface area (Å²) in [6.45, 7) is 3.72. The highest BCUT2D eigenvalue weighted by molar-refractivity contribution is 5.83. The predicted molar refractivity (Wildman–Crippen MR) is 80.3 cm³/mol. The molecule has 1 aromatic rings. The molecule has 1 aromatic carbocycles. The summed E-state index contributed by atoms with van der Waals surface area (Å²) in [6, 6.07) is 6.66. The van der Waals surface area contributed by atoms with Gasteiger partial charge in [0.2, 0.25) is 5.91 Å². The quantitative estimate of drug-likeness (QED) is 0.770. The van der Waals surface area contributed by atoms with Gasteiger partial charge in [-0.1, -0.05) is 38.5 Å². The number of amides is 1. The first-order chi connectivity index (χ1) is 9.99. The number of ether oxygens (including phenoxy) is 1. The zero-order chi connectivity index (χ0) is 15.8. The van der Waals surface area contributed by atoms with E-state index in [1.165, 1.54) is 0 Å². The van der Waals surface area contributed by atoms with E-state index in [0.717, 1.165) is 11.3 Å². The Kier molecular flexibility index (Phi) is 6.72. The lowest BCUT2D eigenvalue weighted by Gasteiger charge is -2.20. The fourth-order valence-corrected chi connectivity index (χ4v) is 2.09. The third-order valence-electron chi connectivity index (χ3n) is 3.61. The Labute approximate surface area is 125 Å². The number of para-hydroxylation sites is 1. The fraction of sp³-hybridized carbons (Fsp3) is 0.500. The Hall–Kier alpha value is -2.04. The van der Waals surface area contributed by atoms with Crippen LogP contribution in [0.2, 0.25) is 0 Å². The Morgan fingerprint density at radius 1 is 1.33 bits per heavy atom. The largest absolute Gasteiger partial charge is 0.496 e. The number of hydrogen-bond donors (Lipinski definition) is 2. The highest BCUT2D eigenvalue weighted by Gasteiger charge is 2.25. The van der Waals surface area contributed by atoms with Gasteiger partial charge < -0.3 is 15.2 Å². The molecule has 0 saturated carbocycles. The zero-order valence-corrected chi connectivity index (χ0v) is 12.8. The Bertz CT molecular complexity index is 487. The smallest absolute Gasteiger partial charge is 0.326 e. The zero-order valence-electron chi connectivity index (χ0n) is 12.8. The van der Waals surface area contributed by atoms with Crippen LogP contribution in [0.15, 0.2) is 24.3 Å². The summed E-state index contributed by atoms with van der Waals surface area (Å²) >= 11 is 0. The van der Waals surface area contributed by atoms with Gasteiger partial charge in [0.1, 0.15) is 11.8 Å². The number of methoxy groups -OCH3 is 1. The minimum atomic E-state index is -0.991. The molecule has 2 atom stereocenters. The first-order valence-corrected chi connectivity index (χ1v) is 7.13. The van der Waals surface area contributed by atoms with Crippen molar-refractivity contribution < 1.29 is 19.4 Å². The van der Waals surface area contributed by atoms with E-state index in [0.29, 0.717) is 12.8 Å². The van der Waals surface area contributed by atoms with Gasteiger partial charge in [-0.25, -0.2) is 4.79 Å². The summed E-state index contributed by atoms with van der Waals surface area (Å²) in [4.78, 5) is 23.1. The average Bonchev–Trinajstić information content (AvgIpc) is 2.49. The molecule has 1 rings (SSSR count). The molecule has 2 N–H and O–H groups in total. The van der Waals surface area contributed by atoms with E-state index in [1.54, 1.807) is 7.11 Å². The van der Waals surface area contributed by atoms with Crippen LogP contribution < -0.4 is 10.1 Å². The van der Waals surface area contributed by atoms with Gasteiger partial charge in [0.25, 0.3) is 0 Å². The number of carbonyl (C=O) groups is 2. The van der Waals surface area contributed by atoms with Crippen LogP contribution in [-0.4, -0.2) is 30.1 Å². The minimum Gasteiger partial charge on any atom is -0.496 e. The molecule has 0 fully saturated rings. The van der Waals surface area contributed by atoms with Crippen molar-refractivity contribution in [1.29, 1.82) is 0 Å².